The molecule has 4 nitrogen and oxygen atoms in total. The van der Waals surface area contributed by atoms with Crippen molar-refractivity contribution in [3.8, 4) is 0 Å². The molecule has 2 rings (SSSR count). The molecule has 1 atom stereocenters. The van der Waals surface area contributed by atoms with Gasteiger partial charge in [0.2, 0.25) is 5.91 Å². The first kappa shape index (κ1) is 16.6. The lowest BCUT2D eigenvalue weighted by Crippen LogP contribution is -2.35. The van der Waals surface area contributed by atoms with E-state index < -0.39 is 0 Å². The number of benzene rings is 1. The Morgan fingerprint density at radius 3 is 2.73 bits per heavy atom. The third-order valence-electron chi connectivity index (χ3n) is 4.15. The van der Waals surface area contributed by atoms with E-state index in [9.17, 15) is 4.79 Å². The van der Waals surface area contributed by atoms with Crippen molar-refractivity contribution in [1.29, 1.82) is 0 Å². The summed E-state index contributed by atoms with van der Waals surface area (Å²) in [6.45, 7) is 8.53. The lowest BCUT2D eigenvalue weighted by Gasteiger charge is -2.19. The van der Waals surface area contributed by atoms with E-state index in [1.165, 1.54) is 16.5 Å². The first-order valence-corrected chi connectivity index (χ1v) is 8.21. The van der Waals surface area contributed by atoms with Crippen molar-refractivity contribution in [2.24, 2.45) is 0 Å². The zero-order valence-electron chi connectivity index (χ0n) is 13.9. The van der Waals surface area contributed by atoms with Gasteiger partial charge in [-0.1, -0.05) is 18.2 Å². The number of fused-ring (bicyclic) bond motifs is 1. The molecule has 0 fully saturated rings. The summed E-state index contributed by atoms with van der Waals surface area (Å²) in [6, 6.07) is 8.71. The Kier molecular flexibility index (Phi) is 6.01. The summed E-state index contributed by atoms with van der Waals surface area (Å²) in [5.74, 6) is 0.233. The van der Waals surface area contributed by atoms with Crippen LogP contribution in [-0.2, 0) is 11.2 Å². The molecule has 1 aromatic carbocycles. The number of hydrogen-bond acceptors (Lipinski definition) is 2. The van der Waals surface area contributed by atoms with E-state index in [0.717, 1.165) is 26.1 Å². The van der Waals surface area contributed by atoms with E-state index in [1.807, 2.05) is 24.8 Å². The normalized spacial score (nSPS) is 12.5. The van der Waals surface area contributed by atoms with Crippen molar-refractivity contribution >= 4 is 16.8 Å². The van der Waals surface area contributed by atoms with Crippen LogP contribution < -0.4 is 5.32 Å². The lowest BCUT2D eigenvalue weighted by atomic mass is 10.1. The third-order valence-corrected chi connectivity index (χ3v) is 4.15. The molecule has 0 saturated heterocycles. The molecule has 0 aliphatic heterocycles. The molecular weight excluding hydrogens is 274 g/mol. The summed E-state index contributed by atoms with van der Waals surface area (Å²) >= 11 is 0. The minimum Gasteiger partial charge on any atom is -0.361 e. The molecule has 1 unspecified atom stereocenters. The van der Waals surface area contributed by atoms with Crippen LogP contribution in [0.5, 0.6) is 0 Å². The summed E-state index contributed by atoms with van der Waals surface area (Å²) in [5, 5.41) is 4.75. The Morgan fingerprint density at radius 2 is 2.00 bits per heavy atom. The van der Waals surface area contributed by atoms with E-state index in [4.69, 9.17) is 0 Å². The number of hydrogen-bond donors (Lipinski definition) is 2. The predicted octanol–water partition coefficient (Wildman–Crippen LogP) is 2.95. The summed E-state index contributed by atoms with van der Waals surface area (Å²) in [5.41, 5.74) is 2.51. The molecule has 2 N–H and O–H groups in total. The van der Waals surface area contributed by atoms with Crippen molar-refractivity contribution in [2.45, 2.75) is 39.7 Å². The van der Waals surface area contributed by atoms with Crippen molar-refractivity contribution in [3.63, 3.8) is 0 Å². The molecule has 0 bridgehead atoms. The van der Waals surface area contributed by atoms with E-state index in [-0.39, 0.29) is 5.91 Å². The van der Waals surface area contributed by atoms with Gasteiger partial charge in [-0.15, -0.1) is 0 Å². The van der Waals surface area contributed by atoms with E-state index in [2.05, 4.69) is 41.6 Å². The molecule has 1 amide bonds. The fraction of sp³-hybridized carbons (Fsp3) is 0.500. The second-order valence-electron chi connectivity index (χ2n) is 5.73. The number of H-pyrrole nitrogens is 1. The minimum atomic E-state index is 0.233. The van der Waals surface area contributed by atoms with E-state index in [0.29, 0.717) is 12.5 Å². The van der Waals surface area contributed by atoms with Gasteiger partial charge in [0, 0.05) is 49.2 Å². The topological polar surface area (TPSA) is 48.1 Å². The van der Waals surface area contributed by atoms with Crippen LogP contribution in [0.4, 0.5) is 0 Å². The molecule has 1 aromatic heterocycles. The van der Waals surface area contributed by atoms with E-state index >= 15 is 0 Å². The highest BCUT2D eigenvalue weighted by atomic mass is 16.2. The average Bonchev–Trinajstić information content (AvgIpc) is 2.92. The maximum Gasteiger partial charge on any atom is 0.223 e. The highest BCUT2D eigenvalue weighted by Gasteiger charge is 2.11. The molecule has 0 radical (unpaired) electrons. The van der Waals surface area contributed by atoms with Crippen LogP contribution in [0.2, 0.25) is 0 Å². The Bertz CT molecular complexity index is 601. The van der Waals surface area contributed by atoms with Gasteiger partial charge in [-0.2, -0.15) is 0 Å². The number of carbonyl (C=O) groups is 1. The summed E-state index contributed by atoms with van der Waals surface area (Å²) < 4.78 is 0. The number of aromatic amines is 1. The van der Waals surface area contributed by atoms with Crippen LogP contribution in [0.15, 0.2) is 30.5 Å². The van der Waals surface area contributed by atoms with Gasteiger partial charge in [0.05, 0.1) is 0 Å². The van der Waals surface area contributed by atoms with Gasteiger partial charge in [-0.05, 0) is 38.8 Å². The molecular formula is C18H27N3O. The third kappa shape index (κ3) is 4.10. The monoisotopic (exact) mass is 301 g/mol. The van der Waals surface area contributed by atoms with Gasteiger partial charge in [0.1, 0.15) is 0 Å². The van der Waals surface area contributed by atoms with Gasteiger partial charge in [0.15, 0.2) is 0 Å². The Labute approximate surface area is 132 Å². The fourth-order valence-electron chi connectivity index (χ4n) is 2.86. The molecule has 22 heavy (non-hydrogen) atoms. The van der Waals surface area contributed by atoms with Crippen LogP contribution in [0, 0.1) is 0 Å². The SMILES string of the molecule is CCN(CC)C(=O)CCNC(C)Cc1c[nH]c2ccccc12. The molecule has 0 aliphatic rings. The maximum atomic E-state index is 12.0. The van der Waals surface area contributed by atoms with Crippen LogP contribution in [0.1, 0.15) is 32.8 Å². The van der Waals surface area contributed by atoms with Crippen molar-refractivity contribution in [1.82, 2.24) is 15.2 Å². The zero-order valence-corrected chi connectivity index (χ0v) is 13.9. The highest BCUT2D eigenvalue weighted by molar-refractivity contribution is 5.83. The summed E-state index contributed by atoms with van der Waals surface area (Å²) in [6.07, 6.45) is 3.62. The smallest absolute Gasteiger partial charge is 0.223 e. The molecule has 1 heterocycles. The van der Waals surface area contributed by atoms with Crippen molar-refractivity contribution in [3.05, 3.63) is 36.0 Å². The number of nitrogens with zero attached hydrogens (tertiary/aromatic N) is 1. The minimum absolute atomic E-state index is 0.233. The van der Waals surface area contributed by atoms with Gasteiger partial charge in [-0.25, -0.2) is 0 Å². The summed E-state index contributed by atoms with van der Waals surface area (Å²) in [7, 11) is 0. The maximum absolute atomic E-state index is 12.0. The van der Waals surface area contributed by atoms with Crippen molar-refractivity contribution in [2.75, 3.05) is 19.6 Å². The Morgan fingerprint density at radius 1 is 1.27 bits per heavy atom. The Hall–Kier alpha value is -1.81. The number of aromatic nitrogens is 1. The lowest BCUT2D eigenvalue weighted by molar-refractivity contribution is -0.130. The number of amides is 1. The van der Waals surface area contributed by atoms with Gasteiger partial charge in [-0.3, -0.25) is 4.79 Å². The molecule has 0 aliphatic carbocycles. The second-order valence-corrected chi connectivity index (χ2v) is 5.73. The molecule has 4 heteroatoms. The average molecular weight is 301 g/mol. The van der Waals surface area contributed by atoms with Gasteiger partial charge in [0.25, 0.3) is 0 Å². The first-order chi connectivity index (χ1) is 10.7. The number of carbonyl (C=O) groups excluding carboxylic acids is 1. The highest BCUT2D eigenvalue weighted by Crippen LogP contribution is 2.18. The van der Waals surface area contributed by atoms with Crippen LogP contribution in [0.3, 0.4) is 0 Å². The number of rotatable bonds is 8. The molecule has 0 spiro atoms. The number of nitrogens with one attached hydrogen (secondary N) is 2. The second kappa shape index (κ2) is 7.99. The van der Waals surface area contributed by atoms with Gasteiger partial charge < -0.3 is 15.2 Å². The largest absolute Gasteiger partial charge is 0.361 e. The van der Waals surface area contributed by atoms with Crippen molar-refractivity contribution < 1.29 is 4.79 Å². The van der Waals surface area contributed by atoms with Crippen LogP contribution in [-0.4, -0.2) is 41.5 Å². The summed E-state index contributed by atoms with van der Waals surface area (Å²) in [4.78, 5) is 17.1. The Balaban J connectivity index is 1.81. The quantitative estimate of drug-likeness (QED) is 0.787. The predicted molar refractivity (Wildman–Crippen MR) is 92.0 cm³/mol. The first-order valence-electron chi connectivity index (χ1n) is 8.21. The molecule has 120 valence electrons. The standard InChI is InChI=1S/C18H27N3O/c1-4-21(5-2)18(22)10-11-19-14(3)12-15-13-20-17-9-7-6-8-16(15)17/h6-9,13-14,19-20H,4-5,10-12H2,1-3H3. The number of para-hydroxylation sites is 1. The van der Waals surface area contributed by atoms with Crippen LogP contribution in [0.25, 0.3) is 10.9 Å². The molecule has 0 saturated carbocycles. The van der Waals surface area contributed by atoms with Crippen LogP contribution >= 0.6 is 0 Å². The molecule has 2 aromatic rings. The fourth-order valence-corrected chi connectivity index (χ4v) is 2.86. The van der Waals surface area contributed by atoms with E-state index in [1.54, 1.807) is 0 Å². The zero-order chi connectivity index (χ0) is 15.9. The van der Waals surface area contributed by atoms with Gasteiger partial charge >= 0.3 is 0 Å².